The van der Waals surface area contributed by atoms with Crippen LogP contribution < -0.4 is 5.32 Å². The first-order valence-electron chi connectivity index (χ1n) is 9.24. The normalized spacial score (nSPS) is 15.6. The van der Waals surface area contributed by atoms with Crippen LogP contribution in [-0.4, -0.2) is 40.1 Å². The van der Waals surface area contributed by atoms with E-state index in [0.717, 1.165) is 37.1 Å². The summed E-state index contributed by atoms with van der Waals surface area (Å²) in [7, 11) is 0. The third-order valence-electron chi connectivity index (χ3n) is 4.91. The van der Waals surface area contributed by atoms with E-state index in [1.165, 1.54) is 6.26 Å². The Kier molecular flexibility index (Phi) is 5.45. The van der Waals surface area contributed by atoms with E-state index in [-0.39, 0.29) is 11.9 Å². The van der Waals surface area contributed by atoms with Crippen molar-refractivity contribution in [2.24, 2.45) is 0 Å². The molecule has 0 radical (unpaired) electrons. The van der Waals surface area contributed by atoms with Gasteiger partial charge in [0.1, 0.15) is 0 Å². The van der Waals surface area contributed by atoms with Gasteiger partial charge in [-0.25, -0.2) is 0 Å². The average molecular weight is 401 g/mol. The zero-order chi connectivity index (χ0) is 19.5. The molecule has 1 aromatic carbocycles. The second kappa shape index (κ2) is 8.16. The van der Waals surface area contributed by atoms with Crippen molar-refractivity contribution < 1.29 is 13.6 Å². The molecule has 1 aliphatic heterocycles. The molecule has 7 nitrogen and oxygen atoms in total. The zero-order valence-electron chi connectivity index (χ0n) is 15.5. The number of rotatable bonds is 5. The monoisotopic (exact) mass is 400 g/mol. The predicted molar refractivity (Wildman–Crippen MR) is 104 cm³/mol. The van der Waals surface area contributed by atoms with Crippen LogP contribution in [-0.2, 0) is 6.54 Å². The van der Waals surface area contributed by atoms with E-state index in [1.54, 1.807) is 18.2 Å². The maximum atomic E-state index is 12.3. The number of nitrogens with zero attached hydrogens (tertiary/aromatic N) is 3. The van der Waals surface area contributed by atoms with Crippen LogP contribution in [0.4, 0.5) is 0 Å². The SMILES string of the molecule is Cc1ccoc1C(=O)NC1CCN(Cc2nnc(-c3ccc(Cl)cc3)o2)CC1. The van der Waals surface area contributed by atoms with Crippen molar-refractivity contribution in [2.45, 2.75) is 32.4 Å². The molecule has 0 unspecified atom stereocenters. The lowest BCUT2D eigenvalue weighted by Crippen LogP contribution is -2.44. The van der Waals surface area contributed by atoms with Crippen LogP contribution in [0.15, 0.2) is 45.4 Å². The molecule has 1 amide bonds. The van der Waals surface area contributed by atoms with Gasteiger partial charge in [-0.05, 0) is 50.1 Å². The molecule has 0 spiro atoms. The Morgan fingerprint density at radius 1 is 1.21 bits per heavy atom. The largest absolute Gasteiger partial charge is 0.459 e. The molecule has 3 heterocycles. The molecule has 4 rings (SSSR count). The highest BCUT2D eigenvalue weighted by Gasteiger charge is 2.24. The average Bonchev–Trinajstić information content (AvgIpc) is 3.33. The lowest BCUT2D eigenvalue weighted by molar-refractivity contribution is 0.0877. The summed E-state index contributed by atoms with van der Waals surface area (Å²) >= 11 is 5.91. The summed E-state index contributed by atoms with van der Waals surface area (Å²) in [6, 6.07) is 9.23. The van der Waals surface area contributed by atoms with Crippen LogP contribution in [0.25, 0.3) is 11.5 Å². The van der Waals surface area contributed by atoms with Crippen LogP contribution in [0.5, 0.6) is 0 Å². The number of amides is 1. The van der Waals surface area contributed by atoms with E-state index < -0.39 is 0 Å². The number of hydrogen-bond acceptors (Lipinski definition) is 6. The van der Waals surface area contributed by atoms with Gasteiger partial charge in [-0.2, -0.15) is 0 Å². The third-order valence-corrected chi connectivity index (χ3v) is 5.16. The summed E-state index contributed by atoms with van der Waals surface area (Å²) in [5, 5.41) is 12.0. The maximum absolute atomic E-state index is 12.3. The number of piperidine rings is 1. The molecule has 1 aliphatic rings. The fraction of sp³-hybridized carbons (Fsp3) is 0.350. The number of nitrogens with one attached hydrogen (secondary N) is 1. The highest BCUT2D eigenvalue weighted by molar-refractivity contribution is 6.30. The fourth-order valence-corrected chi connectivity index (χ4v) is 3.44. The van der Waals surface area contributed by atoms with Gasteiger partial charge in [0.2, 0.25) is 11.8 Å². The number of aromatic nitrogens is 2. The topological polar surface area (TPSA) is 84.4 Å². The Bertz CT molecular complexity index is 943. The second-order valence-corrected chi connectivity index (χ2v) is 7.40. The van der Waals surface area contributed by atoms with E-state index in [9.17, 15) is 4.79 Å². The quantitative estimate of drug-likeness (QED) is 0.703. The van der Waals surface area contributed by atoms with E-state index in [0.29, 0.717) is 29.1 Å². The first-order chi connectivity index (χ1) is 13.6. The predicted octanol–water partition coefficient (Wildman–Crippen LogP) is 3.69. The number of carbonyl (C=O) groups excluding carboxylic acids is 1. The van der Waals surface area contributed by atoms with Crippen molar-refractivity contribution in [3.05, 3.63) is 58.8 Å². The number of likely N-dealkylation sites (tertiary alicyclic amines) is 1. The van der Waals surface area contributed by atoms with E-state index in [4.69, 9.17) is 20.4 Å². The van der Waals surface area contributed by atoms with E-state index in [1.807, 2.05) is 19.1 Å². The number of aryl methyl sites for hydroxylation is 1. The van der Waals surface area contributed by atoms with Gasteiger partial charge in [0.25, 0.3) is 5.91 Å². The van der Waals surface area contributed by atoms with E-state index in [2.05, 4.69) is 20.4 Å². The van der Waals surface area contributed by atoms with Gasteiger partial charge in [-0.15, -0.1) is 10.2 Å². The van der Waals surface area contributed by atoms with Crippen molar-refractivity contribution in [3.63, 3.8) is 0 Å². The highest BCUT2D eigenvalue weighted by atomic mass is 35.5. The first-order valence-corrected chi connectivity index (χ1v) is 9.62. The minimum atomic E-state index is -0.148. The summed E-state index contributed by atoms with van der Waals surface area (Å²) < 4.78 is 11.0. The molecule has 28 heavy (non-hydrogen) atoms. The smallest absolute Gasteiger partial charge is 0.287 e. The molecule has 1 saturated heterocycles. The Balaban J connectivity index is 1.28. The Labute approximate surface area is 167 Å². The van der Waals surface area contributed by atoms with Crippen molar-refractivity contribution in [1.29, 1.82) is 0 Å². The maximum Gasteiger partial charge on any atom is 0.287 e. The lowest BCUT2D eigenvalue weighted by atomic mass is 10.0. The number of carbonyl (C=O) groups is 1. The fourth-order valence-electron chi connectivity index (χ4n) is 3.31. The molecule has 8 heteroatoms. The van der Waals surface area contributed by atoms with Gasteiger partial charge in [0.15, 0.2) is 5.76 Å². The summed E-state index contributed by atoms with van der Waals surface area (Å²) in [4.78, 5) is 14.5. The molecule has 3 aromatic rings. The summed E-state index contributed by atoms with van der Waals surface area (Å²) in [5.74, 6) is 1.31. The van der Waals surface area contributed by atoms with Gasteiger partial charge in [0.05, 0.1) is 12.8 Å². The molecular weight excluding hydrogens is 380 g/mol. The molecule has 146 valence electrons. The summed E-state index contributed by atoms with van der Waals surface area (Å²) in [6.07, 6.45) is 3.27. The van der Waals surface area contributed by atoms with Crippen molar-refractivity contribution in [3.8, 4) is 11.5 Å². The van der Waals surface area contributed by atoms with Crippen molar-refractivity contribution >= 4 is 17.5 Å². The summed E-state index contributed by atoms with van der Waals surface area (Å²) in [6.45, 7) is 4.16. The van der Waals surface area contributed by atoms with Gasteiger partial charge < -0.3 is 14.2 Å². The van der Waals surface area contributed by atoms with Crippen LogP contribution in [0.1, 0.15) is 34.9 Å². The Hall–Kier alpha value is -2.64. The number of hydrogen-bond donors (Lipinski definition) is 1. The molecule has 1 N–H and O–H groups in total. The van der Waals surface area contributed by atoms with Crippen LogP contribution >= 0.6 is 11.6 Å². The van der Waals surface area contributed by atoms with Crippen LogP contribution in [0.3, 0.4) is 0 Å². The summed E-state index contributed by atoms with van der Waals surface area (Å²) in [5.41, 5.74) is 1.70. The van der Waals surface area contributed by atoms with Gasteiger partial charge in [-0.1, -0.05) is 11.6 Å². The number of benzene rings is 1. The molecule has 0 atom stereocenters. The van der Waals surface area contributed by atoms with Crippen molar-refractivity contribution in [2.75, 3.05) is 13.1 Å². The van der Waals surface area contributed by atoms with Gasteiger partial charge >= 0.3 is 0 Å². The van der Waals surface area contributed by atoms with Crippen LogP contribution in [0, 0.1) is 6.92 Å². The molecule has 0 bridgehead atoms. The van der Waals surface area contributed by atoms with Crippen molar-refractivity contribution in [1.82, 2.24) is 20.4 Å². The van der Waals surface area contributed by atoms with Crippen LogP contribution in [0.2, 0.25) is 5.02 Å². The number of halogens is 1. The molecule has 1 fully saturated rings. The Morgan fingerprint density at radius 2 is 1.96 bits per heavy atom. The Morgan fingerprint density at radius 3 is 2.64 bits per heavy atom. The first kappa shape index (κ1) is 18.7. The molecule has 0 saturated carbocycles. The second-order valence-electron chi connectivity index (χ2n) is 6.96. The zero-order valence-corrected chi connectivity index (χ0v) is 16.3. The minimum absolute atomic E-state index is 0.139. The molecule has 2 aromatic heterocycles. The molecular formula is C20H21ClN4O3. The molecule has 0 aliphatic carbocycles. The lowest BCUT2D eigenvalue weighted by Gasteiger charge is -2.31. The minimum Gasteiger partial charge on any atom is -0.459 e. The van der Waals surface area contributed by atoms with Gasteiger partial charge in [0, 0.05) is 35.3 Å². The number of furan rings is 1. The standard InChI is InChI=1S/C20H21ClN4O3/c1-13-8-11-27-18(13)19(26)22-16-6-9-25(10-7-16)12-17-23-24-20(28-17)14-2-4-15(21)5-3-14/h2-5,8,11,16H,6-7,9-10,12H2,1H3,(H,22,26). The van der Waals surface area contributed by atoms with E-state index >= 15 is 0 Å². The third kappa shape index (κ3) is 4.26. The highest BCUT2D eigenvalue weighted by Crippen LogP contribution is 2.21. The van der Waals surface area contributed by atoms with Gasteiger partial charge in [-0.3, -0.25) is 9.69 Å².